The molecule has 1 fully saturated rings. The molecule has 0 saturated carbocycles. The summed E-state index contributed by atoms with van der Waals surface area (Å²) >= 11 is 0. The number of amides is 1. The Kier molecular flexibility index (Phi) is 4.48. The number of rotatable bonds is 4. The van der Waals surface area contributed by atoms with Crippen molar-refractivity contribution in [1.29, 1.82) is 0 Å². The highest BCUT2D eigenvalue weighted by molar-refractivity contribution is 5.76. The molecule has 5 nitrogen and oxygen atoms in total. The van der Waals surface area contributed by atoms with Crippen LogP contribution in [0.4, 0.5) is 4.39 Å². The lowest BCUT2D eigenvalue weighted by molar-refractivity contribution is -0.135. The predicted octanol–water partition coefficient (Wildman–Crippen LogP) is 2.27. The summed E-state index contributed by atoms with van der Waals surface area (Å²) in [6.45, 7) is 2.48. The van der Waals surface area contributed by atoms with Crippen molar-refractivity contribution >= 4 is 5.91 Å². The number of aryl methyl sites for hydroxylation is 1. The number of oxazole rings is 1. The highest BCUT2D eigenvalue weighted by atomic mass is 19.1. The number of benzene rings is 1. The van der Waals surface area contributed by atoms with Crippen LogP contribution < -0.4 is 0 Å². The third-order valence-electron chi connectivity index (χ3n) is 3.60. The molecule has 1 aromatic carbocycles. The number of nitrogens with zero attached hydrogens (tertiary/aromatic N) is 2. The van der Waals surface area contributed by atoms with Crippen LogP contribution in [0.25, 0.3) is 11.3 Å². The fourth-order valence-corrected chi connectivity index (χ4v) is 2.36. The minimum atomic E-state index is -0.292. The second kappa shape index (κ2) is 6.70. The summed E-state index contributed by atoms with van der Waals surface area (Å²) in [5.74, 6) is 0.888. The van der Waals surface area contributed by atoms with Gasteiger partial charge in [-0.1, -0.05) is 0 Å². The number of halogens is 1. The SMILES string of the molecule is O=C(CCc1ncc(-c2ccc(F)cc2)o1)N1CCOCC1. The first-order valence-electron chi connectivity index (χ1n) is 7.28. The van der Waals surface area contributed by atoms with Crippen LogP contribution in [0, 0.1) is 5.82 Å². The number of aromatic nitrogens is 1. The summed E-state index contributed by atoms with van der Waals surface area (Å²) < 4.78 is 23.7. The third-order valence-corrected chi connectivity index (χ3v) is 3.60. The van der Waals surface area contributed by atoms with E-state index in [2.05, 4.69) is 4.98 Å². The minimum Gasteiger partial charge on any atom is -0.441 e. The van der Waals surface area contributed by atoms with Crippen LogP contribution in [0.2, 0.25) is 0 Å². The van der Waals surface area contributed by atoms with Gasteiger partial charge in [0.05, 0.1) is 19.4 Å². The third kappa shape index (κ3) is 3.51. The second-order valence-electron chi connectivity index (χ2n) is 5.12. The fraction of sp³-hybridized carbons (Fsp3) is 0.375. The van der Waals surface area contributed by atoms with Crippen LogP contribution in [0.1, 0.15) is 12.3 Å². The van der Waals surface area contributed by atoms with Gasteiger partial charge in [-0.05, 0) is 24.3 Å². The summed E-state index contributed by atoms with van der Waals surface area (Å²) in [4.78, 5) is 18.0. The average molecular weight is 304 g/mol. The Morgan fingerprint density at radius 2 is 1.95 bits per heavy atom. The molecule has 1 amide bonds. The van der Waals surface area contributed by atoms with E-state index in [-0.39, 0.29) is 11.7 Å². The summed E-state index contributed by atoms with van der Waals surface area (Å²) in [6.07, 6.45) is 2.42. The van der Waals surface area contributed by atoms with Crippen LogP contribution in [0.3, 0.4) is 0 Å². The van der Waals surface area contributed by atoms with Gasteiger partial charge in [0.1, 0.15) is 5.82 Å². The Bertz CT molecular complexity index is 633. The van der Waals surface area contributed by atoms with Gasteiger partial charge >= 0.3 is 0 Å². The maximum atomic E-state index is 12.9. The summed E-state index contributed by atoms with van der Waals surface area (Å²) in [6, 6.07) is 6.02. The number of hydrogen-bond acceptors (Lipinski definition) is 4. The van der Waals surface area contributed by atoms with E-state index in [1.54, 1.807) is 23.2 Å². The largest absolute Gasteiger partial charge is 0.441 e. The second-order valence-corrected chi connectivity index (χ2v) is 5.12. The highest BCUT2D eigenvalue weighted by Gasteiger charge is 2.17. The molecule has 1 saturated heterocycles. The lowest BCUT2D eigenvalue weighted by atomic mass is 10.2. The quantitative estimate of drug-likeness (QED) is 0.869. The van der Waals surface area contributed by atoms with Crippen LogP contribution in [0.5, 0.6) is 0 Å². The minimum absolute atomic E-state index is 0.0878. The smallest absolute Gasteiger partial charge is 0.223 e. The molecule has 0 spiro atoms. The van der Waals surface area contributed by atoms with Gasteiger partial charge in [0.25, 0.3) is 0 Å². The molecule has 6 heteroatoms. The predicted molar refractivity (Wildman–Crippen MR) is 77.6 cm³/mol. The number of morpholine rings is 1. The molecule has 2 heterocycles. The lowest BCUT2D eigenvalue weighted by Crippen LogP contribution is -2.40. The van der Waals surface area contributed by atoms with Crippen LogP contribution >= 0.6 is 0 Å². The summed E-state index contributed by atoms with van der Waals surface area (Å²) in [5, 5.41) is 0. The van der Waals surface area contributed by atoms with Crippen molar-refractivity contribution in [3.05, 3.63) is 42.2 Å². The standard InChI is InChI=1S/C16H17FN2O3/c17-13-3-1-12(2-4-13)14-11-18-15(22-14)5-6-16(20)19-7-9-21-10-8-19/h1-4,11H,5-10H2. The molecular weight excluding hydrogens is 287 g/mol. The zero-order valence-electron chi connectivity index (χ0n) is 12.1. The first-order valence-corrected chi connectivity index (χ1v) is 7.28. The summed E-state index contributed by atoms with van der Waals surface area (Å²) in [7, 11) is 0. The molecule has 22 heavy (non-hydrogen) atoms. The molecule has 0 atom stereocenters. The van der Waals surface area contributed by atoms with Crippen molar-refractivity contribution in [1.82, 2.24) is 9.88 Å². The monoisotopic (exact) mass is 304 g/mol. The maximum absolute atomic E-state index is 12.9. The van der Waals surface area contributed by atoms with Crippen molar-refractivity contribution in [3.8, 4) is 11.3 Å². The maximum Gasteiger partial charge on any atom is 0.223 e. The van der Waals surface area contributed by atoms with Crippen molar-refractivity contribution < 1.29 is 18.3 Å². The highest BCUT2D eigenvalue weighted by Crippen LogP contribution is 2.21. The van der Waals surface area contributed by atoms with Crippen molar-refractivity contribution in [2.75, 3.05) is 26.3 Å². The topological polar surface area (TPSA) is 55.6 Å². The number of hydrogen-bond donors (Lipinski definition) is 0. The van der Waals surface area contributed by atoms with Gasteiger partial charge < -0.3 is 14.1 Å². The van der Waals surface area contributed by atoms with E-state index in [9.17, 15) is 9.18 Å². The molecule has 0 bridgehead atoms. The van der Waals surface area contributed by atoms with E-state index in [1.807, 2.05) is 0 Å². The first kappa shape index (κ1) is 14.7. The van der Waals surface area contributed by atoms with Crippen LogP contribution in [-0.4, -0.2) is 42.1 Å². The zero-order chi connectivity index (χ0) is 15.4. The molecule has 0 unspecified atom stereocenters. The molecule has 3 rings (SSSR count). The van der Waals surface area contributed by atoms with Crippen LogP contribution in [-0.2, 0) is 16.0 Å². The van der Waals surface area contributed by atoms with E-state index in [1.165, 1.54) is 12.1 Å². The number of carbonyl (C=O) groups is 1. The average Bonchev–Trinajstić information content (AvgIpc) is 3.03. The molecule has 1 aromatic heterocycles. The van der Waals surface area contributed by atoms with Gasteiger partial charge in [-0.15, -0.1) is 0 Å². The fourth-order valence-electron chi connectivity index (χ4n) is 2.36. The molecule has 116 valence electrons. The normalized spacial score (nSPS) is 15.0. The van der Waals surface area contributed by atoms with E-state index >= 15 is 0 Å². The van der Waals surface area contributed by atoms with Gasteiger partial charge in [0.2, 0.25) is 5.91 Å². The number of ether oxygens (including phenoxy) is 1. The Labute approximate surface area is 127 Å². The van der Waals surface area contributed by atoms with Gasteiger partial charge in [0.15, 0.2) is 11.7 Å². The van der Waals surface area contributed by atoms with Gasteiger partial charge in [-0.3, -0.25) is 4.79 Å². The lowest BCUT2D eigenvalue weighted by Gasteiger charge is -2.26. The van der Waals surface area contributed by atoms with Gasteiger partial charge in [-0.2, -0.15) is 0 Å². The molecule has 0 N–H and O–H groups in total. The summed E-state index contributed by atoms with van der Waals surface area (Å²) in [5.41, 5.74) is 0.764. The Morgan fingerprint density at radius 3 is 2.68 bits per heavy atom. The Hall–Kier alpha value is -2.21. The van der Waals surface area contributed by atoms with E-state index in [0.717, 1.165) is 5.56 Å². The molecule has 1 aliphatic heterocycles. The van der Waals surface area contributed by atoms with Crippen molar-refractivity contribution in [3.63, 3.8) is 0 Å². The van der Waals surface area contributed by atoms with E-state index in [4.69, 9.17) is 9.15 Å². The van der Waals surface area contributed by atoms with E-state index < -0.39 is 0 Å². The van der Waals surface area contributed by atoms with E-state index in [0.29, 0.717) is 50.8 Å². The Balaban J connectivity index is 1.57. The Morgan fingerprint density at radius 1 is 1.23 bits per heavy atom. The molecule has 0 radical (unpaired) electrons. The van der Waals surface area contributed by atoms with Gasteiger partial charge in [0, 0.05) is 31.5 Å². The zero-order valence-corrected chi connectivity index (χ0v) is 12.1. The first-order chi connectivity index (χ1) is 10.7. The molecule has 1 aliphatic rings. The molecule has 0 aliphatic carbocycles. The van der Waals surface area contributed by atoms with Crippen molar-refractivity contribution in [2.45, 2.75) is 12.8 Å². The molecule has 2 aromatic rings. The van der Waals surface area contributed by atoms with Crippen molar-refractivity contribution in [2.24, 2.45) is 0 Å². The number of carbonyl (C=O) groups excluding carboxylic acids is 1. The van der Waals surface area contributed by atoms with Crippen LogP contribution in [0.15, 0.2) is 34.9 Å². The van der Waals surface area contributed by atoms with Gasteiger partial charge in [-0.25, -0.2) is 9.37 Å². The molecular formula is C16H17FN2O3.